The number of nitrogens with one attached hydrogen (secondary N) is 1. The quantitative estimate of drug-likeness (QED) is 0.701. The summed E-state index contributed by atoms with van der Waals surface area (Å²) in [7, 11) is 0. The highest BCUT2D eigenvalue weighted by Gasteiger charge is 2.27. The first-order valence-corrected chi connectivity index (χ1v) is 6.09. The molecule has 1 fully saturated rings. The Kier molecular flexibility index (Phi) is 3.90. The standard InChI is InChI=1S/C11H21N5/c1-9(10-2-3-10)6-13-7-11-8-16(5-4-12)15-14-11/h8-10,13H,2-7,12H2,1H3. The molecule has 1 unspecified atom stereocenters. The van der Waals surface area contributed by atoms with Crippen LogP contribution in [0.4, 0.5) is 0 Å². The molecule has 5 nitrogen and oxygen atoms in total. The molecular weight excluding hydrogens is 202 g/mol. The van der Waals surface area contributed by atoms with Crippen molar-refractivity contribution in [3.63, 3.8) is 0 Å². The summed E-state index contributed by atoms with van der Waals surface area (Å²) in [5, 5.41) is 11.5. The maximum atomic E-state index is 5.45. The van der Waals surface area contributed by atoms with Gasteiger partial charge in [0.05, 0.1) is 12.2 Å². The van der Waals surface area contributed by atoms with E-state index in [1.54, 1.807) is 4.68 Å². The smallest absolute Gasteiger partial charge is 0.0964 e. The van der Waals surface area contributed by atoms with Crippen molar-refractivity contribution in [3.05, 3.63) is 11.9 Å². The van der Waals surface area contributed by atoms with E-state index in [9.17, 15) is 0 Å². The van der Waals surface area contributed by atoms with Crippen molar-refractivity contribution < 1.29 is 0 Å². The Bertz CT molecular complexity index is 318. The van der Waals surface area contributed by atoms with Crippen LogP contribution in [0.3, 0.4) is 0 Å². The van der Waals surface area contributed by atoms with E-state index in [2.05, 4.69) is 22.6 Å². The Morgan fingerprint density at radius 1 is 1.62 bits per heavy atom. The van der Waals surface area contributed by atoms with Gasteiger partial charge in [-0.1, -0.05) is 12.1 Å². The van der Waals surface area contributed by atoms with Gasteiger partial charge in [-0.05, 0) is 31.2 Å². The molecule has 0 radical (unpaired) electrons. The van der Waals surface area contributed by atoms with Gasteiger partial charge in [-0.15, -0.1) is 5.10 Å². The SMILES string of the molecule is CC(CNCc1cn(CCN)nn1)C1CC1. The van der Waals surface area contributed by atoms with Gasteiger partial charge in [-0.25, -0.2) is 0 Å². The Balaban J connectivity index is 1.67. The molecule has 0 spiro atoms. The van der Waals surface area contributed by atoms with Gasteiger partial charge in [-0.3, -0.25) is 4.68 Å². The molecule has 5 heteroatoms. The van der Waals surface area contributed by atoms with Crippen LogP contribution in [0, 0.1) is 11.8 Å². The van der Waals surface area contributed by atoms with E-state index >= 15 is 0 Å². The van der Waals surface area contributed by atoms with Crippen molar-refractivity contribution in [2.24, 2.45) is 17.6 Å². The highest BCUT2D eigenvalue weighted by Crippen LogP contribution is 2.36. The maximum absolute atomic E-state index is 5.45. The lowest BCUT2D eigenvalue weighted by Crippen LogP contribution is -2.22. The van der Waals surface area contributed by atoms with E-state index in [4.69, 9.17) is 5.73 Å². The molecule has 1 aliphatic rings. The maximum Gasteiger partial charge on any atom is 0.0964 e. The summed E-state index contributed by atoms with van der Waals surface area (Å²) in [6.45, 7) is 5.55. The van der Waals surface area contributed by atoms with Crippen LogP contribution in [-0.2, 0) is 13.1 Å². The summed E-state index contributed by atoms with van der Waals surface area (Å²) >= 11 is 0. The van der Waals surface area contributed by atoms with E-state index in [-0.39, 0.29) is 0 Å². The highest BCUT2D eigenvalue weighted by atomic mass is 15.4. The summed E-state index contributed by atoms with van der Waals surface area (Å²) in [5.41, 5.74) is 6.44. The monoisotopic (exact) mass is 223 g/mol. The van der Waals surface area contributed by atoms with Crippen LogP contribution in [0.2, 0.25) is 0 Å². The molecule has 1 aromatic heterocycles. The van der Waals surface area contributed by atoms with Crippen molar-refractivity contribution in [1.82, 2.24) is 20.3 Å². The number of nitrogens with zero attached hydrogens (tertiary/aromatic N) is 3. The minimum atomic E-state index is 0.606. The van der Waals surface area contributed by atoms with Crippen molar-refractivity contribution >= 4 is 0 Å². The molecule has 1 aliphatic carbocycles. The predicted octanol–water partition coefficient (Wildman–Crippen LogP) is 0.372. The number of hydrogen-bond acceptors (Lipinski definition) is 4. The van der Waals surface area contributed by atoms with Crippen molar-refractivity contribution in [3.8, 4) is 0 Å². The molecule has 1 aromatic rings. The van der Waals surface area contributed by atoms with Gasteiger partial charge in [0.15, 0.2) is 0 Å². The minimum absolute atomic E-state index is 0.606. The topological polar surface area (TPSA) is 68.8 Å². The van der Waals surface area contributed by atoms with Crippen molar-refractivity contribution in [2.75, 3.05) is 13.1 Å². The Morgan fingerprint density at radius 3 is 3.12 bits per heavy atom. The molecule has 1 atom stereocenters. The van der Waals surface area contributed by atoms with Gasteiger partial charge in [0.1, 0.15) is 0 Å². The second-order valence-electron chi connectivity index (χ2n) is 4.71. The number of hydrogen-bond donors (Lipinski definition) is 2. The summed E-state index contributed by atoms with van der Waals surface area (Å²) < 4.78 is 1.79. The van der Waals surface area contributed by atoms with Crippen LogP contribution in [-0.4, -0.2) is 28.1 Å². The molecule has 3 N–H and O–H groups in total. The van der Waals surface area contributed by atoms with Crippen LogP contribution in [0.25, 0.3) is 0 Å². The average molecular weight is 223 g/mol. The third-order valence-corrected chi connectivity index (χ3v) is 3.14. The zero-order valence-corrected chi connectivity index (χ0v) is 9.89. The Labute approximate surface area is 96.4 Å². The fourth-order valence-electron chi connectivity index (χ4n) is 1.92. The Hall–Kier alpha value is -0.940. The lowest BCUT2D eigenvalue weighted by Gasteiger charge is -2.09. The van der Waals surface area contributed by atoms with E-state index in [1.807, 2.05) is 6.20 Å². The van der Waals surface area contributed by atoms with Gasteiger partial charge in [0, 0.05) is 19.3 Å². The second kappa shape index (κ2) is 5.41. The summed E-state index contributed by atoms with van der Waals surface area (Å²) in [6.07, 6.45) is 4.78. The van der Waals surface area contributed by atoms with Crippen LogP contribution in [0.1, 0.15) is 25.5 Å². The molecule has 0 amide bonds. The number of rotatable bonds is 7. The van der Waals surface area contributed by atoms with E-state index < -0.39 is 0 Å². The molecule has 1 heterocycles. The first-order valence-electron chi connectivity index (χ1n) is 6.09. The molecule has 0 aliphatic heterocycles. The molecule has 0 bridgehead atoms. The average Bonchev–Trinajstić information content (AvgIpc) is 3.02. The van der Waals surface area contributed by atoms with E-state index in [1.165, 1.54) is 12.8 Å². The van der Waals surface area contributed by atoms with Gasteiger partial charge in [0.2, 0.25) is 0 Å². The van der Waals surface area contributed by atoms with Gasteiger partial charge >= 0.3 is 0 Å². The predicted molar refractivity (Wildman–Crippen MR) is 62.7 cm³/mol. The van der Waals surface area contributed by atoms with Crippen LogP contribution < -0.4 is 11.1 Å². The fraction of sp³-hybridized carbons (Fsp3) is 0.818. The Morgan fingerprint density at radius 2 is 2.44 bits per heavy atom. The summed E-state index contributed by atoms with van der Waals surface area (Å²) in [6, 6.07) is 0. The number of nitrogens with two attached hydrogens (primary N) is 1. The summed E-state index contributed by atoms with van der Waals surface area (Å²) in [4.78, 5) is 0. The molecule has 2 rings (SSSR count). The molecule has 16 heavy (non-hydrogen) atoms. The van der Waals surface area contributed by atoms with Crippen LogP contribution in [0.15, 0.2) is 6.20 Å². The van der Waals surface area contributed by atoms with Gasteiger partial charge < -0.3 is 11.1 Å². The third-order valence-electron chi connectivity index (χ3n) is 3.14. The molecular formula is C11H21N5. The minimum Gasteiger partial charge on any atom is -0.329 e. The molecule has 1 saturated carbocycles. The zero-order valence-electron chi connectivity index (χ0n) is 9.89. The van der Waals surface area contributed by atoms with E-state index in [0.29, 0.717) is 6.54 Å². The van der Waals surface area contributed by atoms with Gasteiger partial charge in [0.25, 0.3) is 0 Å². The molecule has 0 aromatic carbocycles. The first-order chi connectivity index (χ1) is 7.79. The number of aromatic nitrogens is 3. The molecule has 0 saturated heterocycles. The fourth-order valence-corrected chi connectivity index (χ4v) is 1.92. The zero-order chi connectivity index (χ0) is 11.4. The lowest BCUT2D eigenvalue weighted by molar-refractivity contribution is 0.460. The van der Waals surface area contributed by atoms with Crippen molar-refractivity contribution in [1.29, 1.82) is 0 Å². The van der Waals surface area contributed by atoms with E-state index in [0.717, 1.165) is 37.2 Å². The second-order valence-corrected chi connectivity index (χ2v) is 4.71. The summed E-state index contributed by atoms with van der Waals surface area (Å²) in [5.74, 6) is 1.75. The largest absolute Gasteiger partial charge is 0.329 e. The lowest BCUT2D eigenvalue weighted by atomic mass is 10.1. The normalized spacial score (nSPS) is 17.6. The van der Waals surface area contributed by atoms with Crippen molar-refractivity contribution in [2.45, 2.75) is 32.9 Å². The highest BCUT2D eigenvalue weighted by molar-refractivity contribution is 4.92. The van der Waals surface area contributed by atoms with Crippen LogP contribution in [0.5, 0.6) is 0 Å². The van der Waals surface area contributed by atoms with Gasteiger partial charge in [-0.2, -0.15) is 0 Å². The third kappa shape index (κ3) is 3.28. The first kappa shape index (κ1) is 11.5. The molecule has 90 valence electrons. The van der Waals surface area contributed by atoms with Crippen LogP contribution >= 0.6 is 0 Å².